The summed E-state index contributed by atoms with van der Waals surface area (Å²) in [7, 11) is 0. The van der Waals surface area contributed by atoms with E-state index in [0.717, 1.165) is 51.6 Å². The van der Waals surface area contributed by atoms with Gasteiger partial charge in [0.05, 0.1) is 28.5 Å². The van der Waals surface area contributed by atoms with Crippen molar-refractivity contribution in [3.63, 3.8) is 0 Å². The number of anilines is 1. The van der Waals surface area contributed by atoms with Crippen LogP contribution in [0.3, 0.4) is 0 Å². The highest BCUT2D eigenvalue weighted by Crippen LogP contribution is 2.35. The highest BCUT2D eigenvalue weighted by molar-refractivity contribution is 5.97. The van der Waals surface area contributed by atoms with Gasteiger partial charge in [-0.15, -0.1) is 0 Å². The van der Waals surface area contributed by atoms with Crippen molar-refractivity contribution in [2.45, 2.75) is 25.3 Å². The zero-order chi connectivity index (χ0) is 20.6. The highest BCUT2D eigenvalue weighted by Gasteiger charge is 2.26. The number of pyridine rings is 2. The minimum atomic E-state index is -0.220. The van der Waals surface area contributed by atoms with Crippen LogP contribution in [0, 0.1) is 11.3 Å². The lowest BCUT2D eigenvalue weighted by Gasteiger charge is -2.33. The predicted octanol–water partition coefficient (Wildman–Crippen LogP) is 5.12. The van der Waals surface area contributed by atoms with Gasteiger partial charge in [0, 0.05) is 28.7 Å². The summed E-state index contributed by atoms with van der Waals surface area (Å²) >= 11 is 0. The van der Waals surface area contributed by atoms with Crippen molar-refractivity contribution >= 4 is 27.6 Å². The maximum atomic E-state index is 9.76. The molecule has 6 nitrogen and oxygen atoms in total. The number of hydrogen-bond donors (Lipinski definition) is 2. The van der Waals surface area contributed by atoms with Crippen molar-refractivity contribution in [1.29, 1.82) is 5.26 Å². The molecule has 0 bridgehead atoms. The van der Waals surface area contributed by atoms with Crippen LogP contribution in [0.2, 0.25) is 0 Å². The van der Waals surface area contributed by atoms with Crippen LogP contribution >= 0.6 is 0 Å². The van der Waals surface area contributed by atoms with Crippen molar-refractivity contribution < 1.29 is 0 Å². The van der Waals surface area contributed by atoms with E-state index in [-0.39, 0.29) is 5.54 Å². The van der Waals surface area contributed by atoms with Gasteiger partial charge in [-0.2, -0.15) is 10.4 Å². The molecule has 2 N–H and O–H groups in total. The van der Waals surface area contributed by atoms with E-state index in [0.29, 0.717) is 5.56 Å². The summed E-state index contributed by atoms with van der Waals surface area (Å²) < 4.78 is 0. The van der Waals surface area contributed by atoms with Gasteiger partial charge in [-0.05, 0) is 36.6 Å². The van der Waals surface area contributed by atoms with Crippen LogP contribution in [0.5, 0.6) is 0 Å². The van der Waals surface area contributed by atoms with E-state index in [1.165, 1.54) is 0 Å². The van der Waals surface area contributed by atoms with Crippen molar-refractivity contribution in [3.8, 4) is 17.2 Å². The number of aromatic nitrogens is 4. The molecule has 0 amide bonds. The topological polar surface area (TPSA) is 90.3 Å². The van der Waals surface area contributed by atoms with E-state index in [9.17, 15) is 5.26 Å². The number of nitriles is 1. The number of fused-ring (bicyclic) bond motifs is 2. The number of H-pyrrole nitrogens is 1. The van der Waals surface area contributed by atoms with Gasteiger partial charge >= 0.3 is 0 Å². The van der Waals surface area contributed by atoms with Gasteiger partial charge in [-0.25, -0.2) is 4.98 Å². The molecule has 0 aliphatic heterocycles. The molecule has 0 radical (unpaired) electrons. The smallest absolute Gasteiger partial charge is 0.155 e. The molecule has 3 aromatic heterocycles. The minimum absolute atomic E-state index is 0.220. The van der Waals surface area contributed by atoms with Crippen molar-refractivity contribution in [2.24, 2.45) is 0 Å². The first-order valence-corrected chi connectivity index (χ1v) is 9.96. The normalized spacial score (nSPS) is 18.0. The maximum Gasteiger partial charge on any atom is 0.155 e. The number of nitrogens with zero attached hydrogens (tertiary/aromatic N) is 4. The quantitative estimate of drug-likeness (QED) is 0.503. The molecule has 3 heterocycles. The summed E-state index contributed by atoms with van der Waals surface area (Å²) in [5.74, 6) is 0. The van der Waals surface area contributed by atoms with E-state index >= 15 is 0 Å². The molecule has 30 heavy (non-hydrogen) atoms. The number of aromatic amines is 1. The summed E-state index contributed by atoms with van der Waals surface area (Å²) in [5.41, 5.74) is 4.76. The number of allylic oxidation sites excluding steroid dienone is 2. The van der Waals surface area contributed by atoms with Crippen LogP contribution in [0.25, 0.3) is 33.1 Å². The predicted molar refractivity (Wildman–Crippen MR) is 119 cm³/mol. The van der Waals surface area contributed by atoms with Gasteiger partial charge in [0.15, 0.2) is 5.65 Å². The lowest BCUT2D eigenvalue weighted by atomic mass is 9.87. The molecule has 1 atom stereocenters. The number of hydrogen-bond acceptors (Lipinski definition) is 5. The van der Waals surface area contributed by atoms with E-state index in [4.69, 9.17) is 0 Å². The van der Waals surface area contributed by atoms with Crippen LogP contribution < -0.4 is 5.32 Å². The van der Waals surface area contributed by atoms with Gasteiger partial charge in [0.1, 0.15) is 6.07 Å². The standard InChI is InChI=1S/C24H20N6/c1-2-24(8-4-3-5-9-24)29-22-19(12-25)14-26-21-7-6-16(11-20(21)22)17-10-18-15-28-30-23(18)27-13-17/h3-8,10-11,13-15H,2,9H2,1H3,(H,26,29)(H,27,28,30). The van der Waals surface area contributed by atoms with Crippen LogP contribution in [0.15, 0.2) is 67.2 Å². The third-order valence-corrected chi connectivity index (χ3v) is 5.76. The first-order valence-electron chi connectivity index (χ1n) is 9.96. The Morgan fingerprint density at radius 2 is 2.07 bits per heavy atom. The van der Waals surface area contributed by atoms with Crippen LogP contribution in [-0.4, -0.2) is 25.7 Å². The molecular formula is C24H20N6. The first-order chi connectivity index (χ1) is 14.7. The first kappa shape index (κ1) is 18.1. The largest absolute Gasteiger partial charge is 0.374 e. The molecule has 4 aromatic rings. The van der Waals surface area contributed by atoms with Gasteiger partial charge in [0.25, 0.3) is 0 Å². The molecule has 0 spiro atoms. The summed E-state index contributed by atoms with van der Waals surface area (Å²) in [6.07, 6.45) is 15.5. The highest BCUT2D eigenvalue weighted by atomic mass is 15.1. The fraction of sp³-hybridized carbons (Fsp3) is 0.167. The monoisotopic (exact) mass is 392 g/mol. The average Bonchev–Trinajstić information content (AvgIpc) is 3.27. The molecule has 0 fully saturated rings. The average molecular weight is 392 g/mol. The summed E-state index contributed by atoms with van der Waals surface area (Å²) in [6, 6.07) is 10.5. The Balaban J connectivity index is 1.66. The second-order valence-electron chi connectivity index (χ2n) is 7.55. The second kappa shape index (κ2) is 7.12. The lowest BCUT2D eigenvalue weighted by Crippen LogP contribution is -2.36. The van der Waals surface area contributed by atoms with Crippen molar-refractivity contribution in [2.75, 3.05) is 5.32 Å². The van der Waals surface area contributed by atoms with Crippen LogP contribution in [0.1, 0.15) is 25.3 Å². The molecule has 0 saturated heterocycles. The van der Waals surface area contributed by atoms with E-state index < -0.39 is 0 Å². The van der Waals surface area contributed by atoms with E-state index in [1.54, 1.807) is 12.4 Å². The molecule has 1 aliphatic rings. The molecule has 5 rings (SSSR count). The third kappa shape index (κ3) is 3.01. The second-order valence-corrected chi connectivity index (χ2v) is 7.55. The fourth-order valence-electron chi connectivity index (χ4n) is 3.94. The summed E-state index contributed by atoms with van der Waals surface area (Å²) in [6.45, 7) is 2.16. The maximum absolute atomic E-state index is 9.76. The van der Waals surface area contributed by atoms with Gasteiger partial charge in [-0.3, -0.25) is 10.1 Å². The van der Waals surface area contributed by atoms with Crippen LogP contribution in [-0.2, 0) is 0 Å². The zero-order valence-corrected chi connectivity index (χ0v) is 16.6. The Labute approximate surface area is 174 Å². The number of benzene rings is 1. The van der Waals surface area contributed by atoms with Gasteiger partial charge in [0.2, 0.25) is 0 Å². The van der Waals surface area contributed by atoms with Crippen LogP contribution in [0.4, 0.5) is 5.69 Å². The Bertz CT molecular complexity index is 1360. The Morgan fingerprint density at radius 3 is 2.87 bits per heavy atom. The van der Waals surface area contributed by atoms with E-state index in [1.807, 2.05) is 18.3 Å². The fourth-order valence-corrected chi connectivity index (χ4v) is 3.94. The Hall–Kier alpha value is -3.98. The molecule has 1 aliphatic carbocycles. The SMILES string of the molecule is CCC1(Nc2c(C#N)cnc3ccc(-c4cnc5[nH]ncc5c4)cc23)C=CC=CC1. The molecular weight excluding hydrogens is 372 g/mol. The molecule has 146 valence electrons. The Kier molecular flexibility index (Phi) is 4.29. The number of rotatable bonds is 4. The van der Waals surface area contributed by atoms with Crippen molar-refractivity contribution in [1.82, 2.24) is 20.2 Å². The van der Waals surface area contributed by atoms with E-state index in [2.05, 4.69) is 74.9 Å². The summed E-state index contributed by atoms with van der Waals surface area (Å²) in [4.78, 5) is 8.96. The zero-order valence-electron chi connectivity index (χ0n) is 16.6. The molecule has 1 aromatic carbocycles. The molecule has 1 unspecified atom stereocenters. The van der Waals surface area contributed by atoms with Gasteiger partial charge < -0.3 is 5.32 Å². The Morgan fingerprint density at radius 1 is 1.13 bits per heavy atom. The molecule has 0 saturated carbocycles. The van der Waals surface area contributed by atoms with Gasteiger partial charge in [-0.1, -0.05) is 37.3 Å². The lowest BCUT2D eigenvalue weighted by molar-refractivity contribution is 0.558. The summed E-state index contributed by atoms with van der Waals surface area (Å²) in [5, 5.41) is 22.3. The number of nitrogens with one attached hydrogen (secondary N) is 2. The van der Waals surface area contributed by atoms with Crippen molar-refractivity contribution in [3.05, 3.63) is 72.7 Å². The molecule has 6 heteroatoms. The third-order valence-electron chi connectivity index (χ3n) is 5.76. The minimum Gasteiger partial charge on any atom is -0.374 e.